The van der Waals surface area contributed by atoms with Gasteiger partial charge in [-0.2, -0.15) is 0 Å². The molecule has 1 fully saturated rings. The predicted octanol–water partition coefficient (Wildman–Crippen LogP) is 5.30. The fraction of sp³-hybridized carbons (Fsp3) is 0.261. The number of benzene rings is 2. The minimum absolute atomic E-state index is 0.0605. The van der Waals surface area contributed by atoms with E-state index in [2.05, 4.69) is 16.8 Å². The number of nitrogens with zero attached hydrogens (tertiary/aromatic N) is 5. The third kappa shape index (κ3) is 4.94. The van der Waals surface area contributed by atoms with Gasteiger partial charge in [-0.3, -0.25) is 14.9 Å². The van der Waals surface area contributed by atoms with Crippen molar-refractivity contribution >= 4 is 35.0 Å². The van der Waals surface area contributed by atoms with E-state index in [4.69, 9.17) is 11.6 Å². The van der Waals surface area contributed by atoms with Crippen LogP contribution in [0, 0.1) is 10.1 Å². The van der Waals surface area contributed by atoms with Gasteiger partial charge in [0.1, 0.15) is 0 Å². The molecular weight excluding hydrogens is 462 g/mol. The van der Waals surface area contributed by atoms with Gasteiger partial charge in [-0.1, -0.05) is 53.7 Å². The van der Waals surface area contributed by atoms with Crippen molar-refractivity contribution in [2.75, 3.05) is 6.54 Å². The van der Waals surface area contributed by atoms with Crippen molar-refractivity contribution in [2.45, 2.75) is 36.3 Å². The molecule has 0 saturated carbocycles. The average molecular weight is 484 g/mol. The number of aromatic nitrogens is 3. The number of allylic oxidation sites excluding steroid dienone is 1. The second-order valence-corrected chi connectivity index (χ2v) is 8.94. The highest BCUT2D eigenvalue weighted by atomic mass is 35.5. The number of halogens is 1. The topological polar surface area (TPSA) is 94.2 Å². The highest BCUT2D eigenvalue weighted by Gasteiger charge is 2.35. The summed E-state index contributed by atoms with van der Waals surface area (Å²) in [5.74, 6) is 1.19. The summed E-state index contributed by atoms with van der Waals surface area (Å²) >= 11 is 7.76. The number of carbonyl (C=O) groups is 1. The number of hydrogen-bond acceptors (Lipinski definition) is 6. The summed E-state index contributed by atoms with van der Waals surface area (Å²) in [5, 5.41) is 20.8. The Hall–Kier alpha value is -3.17. The molecule has 1 unspecified atom stereocenters. The molecular formula is C23H22ClN5O3S. The SMILES string of the molecule is C=CCn1c(SCc2ccc([N+](=O)[O-])cc2)nnc1C1CCCN1C(=O)c1ccccc1Cl. The number of thioether (sulfide) groups is 1. The number of non-ortho nitro benzene ring substituents is 1. The van der Waals surface area contributed by atoms with E-state index in [9.17, 15) is 14.9 Å². The fourth-order valence-corrected chi connectivity index (χ4v) is 5.01. The number of nitro groups is 1. The summed E-state index contributed by atoms with van der Waals surface area (Å²) in [6, 6.07) is 13.3. The first-order valence-electron chi connectivity index (χ1n) is 10.4. The third-order valence-corrected chi connectivity index (χ3v) is 6.86. The number of amides is 1. The average Bonchev–Trinajstić information content (AvgIpc) is 3.45. The van der Waals surface area contributed by atoms with Gasteiger partial charge in [0.2, 0.25) is 0 Å². The van der Waals surface area contributed by atoms with Gasteiger partial charge in [-0.05, 0) is 30.5 Å². The van der Waals surface area contributed by atoms with Crippen molar-refractivity contribution in [1.29, 1.82) is 0 Å². The lowest BCUT2D eigenvalue weighted by atomic mass is 10.1. The molecule has 2 heterocycles. The van der Waals surface area contributed by atoms with Gasteiger partial charge >= 0.3 is 0 Å². The summed E-state index contributed by atoms with van der Waals surface area (Å²) in [5.41, 5.74) is 1.48. The van der Waals surface area contributed by atoms with Crippen LogP contribution >= 0.6 is 23.4 Å². The van der Waals surface area contributed by atoms with E-state index in [1.165, 1.54) is 23.9 Å². The predicted molar refractivity (Wildman–Crippen MR) is 127 cm³/mol. The van der Waals surface area contributed by atoms with E-state index in [0.29, 0.717) is 34.6 Å². The van der Waals surface area contributed by atoms with Crippen molar-refractivity contribution in [2.24, 2.45) is 0 Å². The first-order valence-corrected chi connectivity index (χ1v) is 11.8. The molecule has 2 aromatic carbocycles. The van der Waals surface area contributed by atoms with Crippen LogP contribution < -0.4 is 0 Å². The number of rotatable bonds is 8. The molecule has 3 aromatic rings. The Morgan fingerprint density at radius 3 is 2.70 bits per heavy atom. The van der Waals surface area contributed by atoms with Gasteiger partial charge in [-0.15, -0.1) is 16.8 Å². The van der Waals surface area contributed by atoms with Gasteiger partial charge in [0.05, 0.1) is 21.6 Å². The molecule has 1 atom stereocenters. The third-order valence-electron chi connectivity index (χ3n) is 5.49. The van der Waals surface area contributed by atoms with Crippen LogP contribution in [0.25, 0.3) is 0 Å². The van der Waals surface area contributed by atoms with Crippen LogP contribution in [0.5, 0.6) is 0 Å². The lowest BCUT2D eigenvalue weighted by Crippen LogP contribution is -2.32. The molecule has 170 valence electrons. The zero-order chi connectivity index (χ0) is 23.4. The maximum atomic E-state index is 13.2. The number of likely N-dealkylation sites (tertiary alicyclic amines) is 1. The Morgan fingerprint density at radius 1 is 1.24 bits per heavy atom. The molecule has 1 amide bonds. The molecule has 0 N–H and O–H groups in total. The second kappa shape index (κ2) is 10.2. The van der Waals surface area contributed by atoms with Crippen LogP contribution in [0.2, 0.25) is 5.02 Å². The quantitative estimate of drug-likeness (QED) is 0.187. The van der Waals surface area contributed by atoms with E-state index in [1.54, 1.807) is 42.5 Å². The van der Waals surface area contributed by atoms with Crippen LogP contribution in [0.15, 0.2) is 66.3 Å². The standard InChI is InChI=1S/C23H22ClN5O3S/c1-2-13-28-21(20-8-5-14-27(20)22(30)18-6-3-4-7-19(18)24)25-26-23(28)33-15-16-9-11-17(12-10-16)29(31)32/h2-4,6-7,9-12,20H,1,5,8,13-15H2. The number of nitro benzene ring substituents is 1. The van der Waals surface area contributed by atoms with Crippen LogP contribution in [-0.2, 0) is 12.3 Å². The van der Waals surface area contributed by atoms with Crippen molar-refractivity contribution < 1.29 is 9.72 Å². The summed E-state index contributed by atoms with van der Waals surface area (Å²) in [7, 11) is 0. The Bertz CT molecular complexity index is 1180. The second-order valence-electron chi connectivity index (χ2n) is 7.59. The molecule has 1 aliphatic heterocycles. The first-order chi connectivity index (χ1) is 16.0. The van der Waals surface area contributed by atoms with E-state index in [0.717, 1.165) is 24.2 Å². The Kier molecular flexibility index (Phi) is 7.10. The molecule has 0 spiro atoms. The zero-order valence-electron chi connectivity index (χ0n) is 17.8. The van der Waals surface area contributed by atoms with Gasteiger partial charge in [0, 0.05) is 31.0 Å². The molecule has 33 heavy (non-hydrogen) atoms. The summed E-state index contributed by atoms with van der Waals surface area (Å²) in [6.45, 7) is 4.99. The van der Waals surface area contributed by atoms with E-state index in [1.807, 2.05) is 9.47 Å². The smallest absolute Gasteiger partial charge is 0.269 e. The molecule has 4 rings (SSSR count). The van der Waals surface area contributed by atoms with E-state index < -0.39 is 4.92 Å². The normalized spacial score (nSPS) is 15.5. The molecule has 0 aliphatic carbocycles. The van der Waals surface area contributed by atoms with Gasteiger partial charge < -0.3 is 9.47 Å². The molecule has 1 aromatic heterocycles. The largest absolute Gasteiger partial charge is 0.328 e. The fourth-order valence-electron chi connectivity index (χ4n) is 3.88. The summed E-state index contributed by atoms with van der Waals surface area (Å²) in [4.78, 5) is 25.5. The molecule has 10 heteroatoms. The van der Waals surface area contributed by atoms with Crippen molar-refractivity contribution in [3.63, 3.8) is 0 Å². The van der Waals surface area contributed by atoms with Crippen LogP contribution in [0.4, 0.5) is 5.69 Å². The minimum atomic E-state index is -0.415. The summed E-state index contributed by atoms with van der Waals surface area (Å²) < 4.78 is 1.98. The Morgan fingerprint density at radius 2 is 2.00 bits per heavy atom. The maximum Gasteiger partial charge on any atom is 0.269 e. The van der Waals surface area contributed by atoms with Crippen molar-refractivity contribution in [1.82, 2.24) is 19.7 Å². The lowest BCUT2D eigenvalue weighted by Gasteiger charge is -2.25. The van der Waals surface area contributed by atoms with Gasteiger partial charge in [0.15, 0.2) is 11.0 Å². The van der Waals surface area contributed by atoms with Crippen LogP contribution in [0.1, 0.15) is 40.6 Å². The summed E-state index contributed by atoms with van der Waals surface area (Å²) in [6.07, 6.45) is 3.43. The van der Waals surface area contributed by atoms with Gasteiger partial charge in [-0.25, -0.2) is 0 Å². The minimum Gasteiger partial charge on any atom is -0.328 e. The van der Waals surface area contributed by atoms with E-state index in [-0.39, 0.29) is 17.6 Å². The molecule has 0 radical (unpaired) electrons. The van der Waals surface area contributed by atoms with Crippen LogP contribution in [0.3, 0.4) is 0 Å². The molecule has 8 nitrogen and oxygen atoms in total. The molecule has 1 aliphatic rings. The van der Waals surface area contributed by atoms with Crippen molar-refractivity contribution in [3.8, 4) is 0 Å². The Balaban J connectivity index is 1.55. The lowest BCUT2D eigenvalue weighted by molar-refractivity contribution is -0.384. The zero-order valence-corrected chi connectivity index (χ0v) is 19.3. The molecule has 0 bridgehead atoms. The maximum absolute atomic E-state index is 13.2. The van der Waals surface area contributed by atoms with Gasteiger partial charge in [0.25, 0.3) is 11.6 Å². The number of hydrogen-bond donors (Lipinski definition) is 0. The molecule has 1 saturated heterocycles. The van der Waals surface area contributed by atoms with Crippen LogP contribution in [-0.4, -0.2) is 37.0 Å². The van der Waals surface area contributed by atoms with E-state index >= 15 is 0 Å². The monoisotopic (exact) mass is 483 g/mol. The number of carbonyl (C=O) groups excluding carboxylic acids is 1. The first kappa shape index (κ1) is 23.0. The highest BCUT2D eigenvalue weighted by molar-refractivity contribution is 7.98. The highest BCUT2D eigenvalue weighted by Crippen LogP contribution is 2.35. The Labute approximate surface area is 200 Å². The van der Waals surface area contributed by atoms with Crippen molar-refractivity contribution in [3.05, 3.63) is 93.3 Å².